The average molecular weight is 318 g/mol. The van der Waals surface area contributed by atoms with Crippen molar-refractivity contribution >= 4 is 24.0 Å². The highest BCUT2D eigenvalue weighted by Crippen LogP contribution is 2.09. The van der Waals surface area contributed by atoms with E-state index in [1.807, 2.05) is 24.3 Å². The van der Waals surface area contributed by atoms with Crippen LogP contribution in [0.1, 0.15) is 11.1 Å². The molecule has 0 fully saturated rings. The van der Waals surface area contributed by atoms with Crippen LogP contribution < -0.4 is 11.5 Å². The summed E-state index contributed by atoms with van der Waals surface area (Å²) in [6.07, 6.45) is 9.23. The molecule has 1 aromatic carbocycles. The molecule has 0 aliphatic rings. The van der Waals surface area contributed by atoms with Gasteiger partial charge < -0.3 is 11.5 Å². The van der Waals surface area contributed by atoms with Gasteiger partial charge >= 0.3 is 0 Å². The van der Waals surface area contributed by atoms with Crippen LogP contribution in [-0.4, -0.2) is 11.8 Å². The summed E-state index contributed by atoms with van der Waals surface area (Å²) in [6.45, 7) is 0. The van der Waals surface area contributed by atoms with Crippen molar-refractivity contribution < 1.29 is 9.59 Å². The van der Waals surface area contributed by atoms with Crippen LogP contribution in [0.25, 0.3) is 12.2 Å². The molecule has 0 unspecified atom stereocenters. The predicted octanol–water partition coefficient (Wildman–Crippen LogP) is 1.58. The number of carbonyl (C=O) groups is 2. The molecule has 0 aromatic heterocycles. The first-order chi connectivity index (χ1) is 11.5. The Hall–Kier alpha value is -3.90. The monoisotopic (exact) mass is 318 g/mol. The second-order valence-electron chi connectivity index (χ2n) is 4.50. The van der Waals surface area contributed by atoms with Gasteiger partial charge in [0.15, 0.2) is 0 Å². The van der Waals surface area contributed by atoms with E-state index in [0.29, 0.717) is 0 Å². The first kappa shape index (κ1) is 18.1. The lowest BCUT2D eigenvalue weighted by molar-refractivity contribution is -0.115. The Morgan fingerprint density at radius 1 is 0.792 bits per heavy atom. The fourth-order valence-corrected chi connectivity index (χ4v) is 1.58. The average Bonchev–Trinajstić information content (AvgIpc) is 2.56. The number of nitrogens with two attached hydrogens (primary N) is 2. The molecule has 6 heteroatoms. The van der Waals surface area contributed by atoms with Crippen molar-refractivity contribution in [2.24, 2.45) is 11.5 Å². The van der Waals surface area contributed by atoms with Crippen molar-refractivity contribution in [2.45, 2.75) is 0 Å². The van der Waals surface area contributed by atoms with E-state index in [1.54, 1.807) is 36.4 Å². The highest BCUT2D eigenvalue weighted by atomic mass is 16.1. The van der Waals surface area contributed by atoms with Crippen molar-refractivity contribution in [3.8, 4) is 12.1 Å². The molecule has 1 rings (SSSR count). The molecule has 0 aliphatic heterocycles. The number of primary amides is 2. The summed E-state index contributed by atoms with van der Waals surface area (Å²) in [5, 5.41) is 17.4. The molecule has 118 valence electrons. The van der Waals surface area contributed by atoms with E-state index in [-0.39, 0.29) is 11.1 Å². The number of nitrogens with zero attached hydrogens (tertiary/aromatic N) is 2. The lowest BCUT2D eigenvalue weighted by Gasteiger charge is -1.95. The third-order valence-corrected chi connectivity index (χ3v) is 2.81. The maximum atomic E-state index is 10.9. The smallest absolute Gasteiger partial charge is 0.259 e. The molecule has 1 aromatic rings. The highest BCUT2D eigenvalue weighted by molar-refractivity contribution is 5.96. The fraction of sp³-hybridized carbons (Fsp3) is 0. The Kier molecular flexibility index (Phi) is 6.95. The van der Waals surface area contributed by atoms with Gasteiger partial charge in [0.2, 0.25) is 0 Å². The van der Waals surface area contributed by atoms with E-state index in [1.165, 1.54) is 12.2 Å². The van der Waals surface area contributed by atoms with Gasteiger partial charge in [-0.05, 0) is 23.3 Å². The second-order valence-corrected chi connectivity index (χ2v) is 4.50. The van der Waals surface area contributed by atoms with Gasteiger partial charge in [0.05, 0.1) is 0 Å². The number of allylic oxidation sites excluding steroid dienone is 4. The number of hydrogen-bond donors (Lipinski definition) is 2. The zero-order valence-electron chi connectivity index (χ0n) is 12.6. The van der Waals surface area contributed by atoms with E-state index in [2.05, 4.69) is 0 Å². The minimum atomic E-state index is -0.775. The molecule has 0 saturated carbocycles. The highest BCUT2D eigenvalue weighted by Gasteiger charge is 2.00. The minimum Gasteiger partial charge on any atom is -0.365 e. The topological polar surface area (TPSA) is 134 Å². The van der Waals surface area contributed by atoms with Crippen molar-refractivity contribution in [3.05, 3.63) is 70.8 Å². The Balaban J connectivity index is 2.81. The third kappa shape index (κ3) is 5.84. The molecule has 0 aliphatic carbocycles. The first-order valence-electron chi connectivity index (χ1n) is 6.74. The van der Waals surface area contributed by atoms with Gasteiger partial charge in [-0.15, -0.1) is 0 Å². The maximum absolute atomic E-state index is 10.9. The zero-order chi connectivity index (χ0) is 17.9. The summed E-state index contributed by atoms with van der Waals surface area (Å²) in [4.78, 5) is 21.7. The summed E-state index contributed by atoms with van der Waals surface area (Å²) < 4.78 is 0. The van der Waals surface area contributed by atoms with E-state index >= 15 is 0 Å². The number of hydrogen-bond acceptors (Lipinski definition) is 4. The summed E-state index contributed by atoms with van der Waals surface area (Å²) in [7, 11) is 0. The SMILES string of the molecule is N#CC(=CC=Cc1ccc(C=CC=C(C#N)C(N)=O)cc1)C(N)=O. The molecule has 0 bridgehead atoms. The lowest BCUT2D eigenvalue weighted by atomic mass is 10.1. The van der Waals surface area contributed by atoms with Gasteiger partial charge in [0.25, 0.3) is 11.8 Å². The Labute approximate surface area is 139 Å². The van der Waals surface area contributed by atoms with Gasteiger partial charge in [0.1, 0.15) is 23.3 Å². The first-order valence-corrected chi connectivity index (χ1v) is 6.74. The van der Waals surface area contributed by atoms with Crippen LogP contribution in [0.2, 0.25) is 0 Å². The van der Waals surface area contributed by atoms with Gasteiger partial charge in [0, 0.05) is 0 Å². The molecule has 0 atom stereocenters. The van der Waals surface area contributed by atoms with Gasteiger partial charge in [-0.1, -0.05) is 48.6 Å². The molecule has 4 N–H and O–H groups in total. The van der Waals surface area contributed by atoms with Gasteiger partial charge in [-0.2, -0.15) is 10.5 Å². The molecular weight excluding hydrogens is 304 g/mol. The fourth-order valence-electron chi connectivity index (χ4n) is 1.58. The lowest BCUT2D eigenvalue weighted by Crippen LogP contribution is -2.12. The van der Waals surface area contributed by atoms with Crippen molar-refractivity contribution in [3.63, 3.8) is 0 Å². The quantitative estimate of drug-likeness (QED) is 0.468. The van der Waals surface area contributed by atoms with Gasteiger partial charge in [-0.3, -0.25) is 9.59 Å². The number of amides is 2. The molecule has 0 radical (unpaired) electrons. The number of carbonyl (C=O) groups excluding carboxylic acids is 2. The van der Waals surface area contributed by atoms with Crippen molar-refractivity contribution in [1.82, 2.24) is 0 Å². The summed E-state index contributed by atoms with van der Waals surface area (Å²) in [5.41, 5.74) is 11.5. The van der Waals surface area contributed by atoms with Crippen molar-refractivity contribution in [1.29, 1.82) is 10.5 Å². The van der Waals surface area contributed by atoms with E-state index in [9.17, 15) is 9.59 Å². The van der Waals surface area contributed by atoms with Gasteiger partial charge in [-0.25, -0.2) is 0 Å². The summed E-state index contributed by atoms with van der Waals surface area (Å²) in [5.74, 6) is -1.55. The van der Waals surface area contributed by atoms with Crippen LogP contribution in [0.3, 0.4) is 0 Å². The zero-order valence-corrected chi connectivity index (χ0v) is 12.6. The summed E-state index contributed by atoms with van der Waals surface area (Å²) in [6, 6.07) is 10.7. The van der Waals surface area contributed by atoms with Crippen LogP contribution in [0.5, 0.6) is 0 Å². The molecule has 0 heterocycles. The number of rotatable bonds is 6. The summed E-state index contributed by atoms with van der Waals surface area (Å²) >= 11 is 0. The molecule has 6 nitrogen and oxygen atoms in total. The molecular formula is C18H14N4O2. The van der Waals surface area contributed by atoms with Crippen LogP contribution in [-0.2, 0) is 9.59 Å². The van der Waals surface area contributed by atoms with E-state index in [4.69, 9.17) is 22.0 Å². The largest absolute Gasteiger partial charge is 0.365 e. The minimum absolute atomic E-state index is 0.125. The van der Waals surface area contributed by atoms with Crippen LogP contribution in [0.15, 0.2) is 59.7 Å². The van der Waals surface area contributed by atoms with E-state index < -0.39 is 11.8 Å². The Morgan fingerprint density at radius 2 is 1.12 bits per heavy atom. The number of benzene rings is 1. The van der Waals surface area contributed by atoms with Crippen LogP contribution >= 0.6 is 0 Å². The maximum Gasteiger partial charge on any atom is 0.259 e. The molecule has 2 amide bonds. The normalized spacial score (nSPS) is 12.1. The number of nitriles is 2. The van der Waals surface area contributed by atoms with E-state index in [0.717, 1.165) is 11.1 Å². The Morgan fingerprint density at radius 3 is 1.38 bits per heavy atom. The van der Waals surface area contributed by atoms with Crippen molar-refractivity contribution in [2.75, 3.05) is 0 Å². The Bertz CT molecular complexity index is 758. The molecule has 24 heavy (non-hydrogen) atoms. The standard InChI is InChI=1S/C18H14N4O2/c19-11-15(17(21)23)5-1-3-13-7-9-14(10-8-13)4-2-6-16(12-20)18(22)24/h1-10H,(H2,21,23)(H2,22,24). The second kappa shape index (κ2) is 9.19. The molecule has 0 spiro atoms. The predicted molar refractivity (Wildman–Crippen MR) is 90.3 cm³/mol. The molecule has 0 saturated heterocycles. The van der Waals surface area contributed by atoms with Crippen LogP contribution in [0, 0.1) is 22.7 Å². The van der Waals surface area contributed by atoms with Crippen LogP contribution in [0.4, 0.5) is 0 Å². The third-order valence-electron chi connectivity index (χ3n) is 2.81.